The number of hydrogen-bond donors (Lipinski definition) is 2. The van der Waals surface area contributed by atoms with Crippen LogP contribution in [0.2, 0.25) is 10.0 Å². The first-order valence-corrected chi connectivity index (χ1v) is 11.0. The number of rotatable bonds is 6. The minimum Gasteiger partial charge on any atom is -0.352 e. The van der Waals surface area contributed by atoms with E-state index in [2.05, 4.69) is 10.6 Å². The van der Waals surface area contributed by atoms with Gasteiger partial charge in [0.25, 0.3) is 11.8 Å². The van der Waals surface area contributed by atoms with Gasteiger partial charge in [-0.1, -0.05) is 35.3 Å². The lowest BCUT2D eigenvalue weighted by Gasteiger charge is -2.32. The number of carbonyl (C=O) groups is 3. The summed E-state index contributed by atoms with van der Waals surface area (Å²) in [5, 5.41) is 6.42. The highest BCUT2D eigenvalue weighted by molar-refractivity contribution is 6.42. The molecule has 0 aliphatic carbocycles. The zero-order valence-electron chi connectivity index (χ0n) is 17.3. The molecule has 0 aromatic heterocycles. The first-order chi connectivity index (χ1) is 14.9. The molecule has 0 bridgehead atoms. The summed E-state index contributed by atoms with van der Waals surface area (Å²) in [6.45, 7) is 3.69. The summed E-state index contributed by atoms with van der Waals surface area (Å²) in [5.41, 5.74) is 1.86. The molecular weight excluding hydrogens is 437 g/mol. The fourth-order valence-electron chi connectivity index (χ4n) is 3.61. The van der Waals surface area contributed by atoms with Crippen molar-refractivity contribution >= 4 is 40.9 Å². The van der Waals surface area contributed by atoms with Gasteiger partial charge in [-0.15, -0.1) is 0 Å². The van der Waals surface area contributed by atoms with E-state index in [4.69, 9.17) is 23.2 Å². The smallest absolute Gasteiger partial charge is 0.253 e. The molecule has 8 heteroatoms. The Morgan fingerprint density at radius 3 is 2.58 bits per heavy atom. The Kier molecular flexibility index (Phi) is 7.93. The predicted octanol–water partition coefficient (Wildman–Crippen LogP) is 3.91. The minimum absolute atomic E-state index is 0.102. The van der Waals surface area contributed by atoms with Gasteiger partial charge in [0, 0.05) is 37.3 Å². The van der Waals surface area contributed by atoms with E-state index in [0.29, 0.717) is 47.4 Å². The van der Waals surface area contributed by atoms with E-state index < -0.39 is 0 Å². The zero-order chi connectivity index (χ0) is 22.4. The second kappa shape index (κ2) is 10.6. The van der Waals surface area contributed by atoms with E-state index in [-0.39, 0.29) is 23.6 Å². The van der Waals surface area contributed by atoms with E-state index in [9.17, 15) is 14.4 Å². The molecule has 0 spiro atoms. The second-order valence-electron chi connectivity index (χ2n) is 7.50. The molecule has 31 heavy (non-hydrogen) atoms. The van der Waals surface area contributed by atoms with Crippen molar-refractivity contribution in [3.63, 3.8) is 0 Å². The maximum atomic E-state index is 12.8. The monoisotopic (exact) mass is 461 g/mol. The first kappa shape index (κ1) is 23.1. The van der Waals surface area contributed by atoms with Crippen LogP contribution in [0.25, 0.3) is 0 Å². The molecule has 1 heterocycles. The fourth-order valence-corrected chi connectivity index (χ4v) is 3.90. The van der Waals surface area contributed by atoms with Crippen molar-refractivity contribution in [2.45, 2.75) is 26.3 Å². The topological polar surface area (TPSA) is 78.5 Å². The summed E-state index contributed by atoms with van der Waals surface area (Å²) in [5.74, 6) is -0.688. The molecule has 1 aliphatic heterocycles. The highest BCUT2D eigenvalue weighted by Gasteiger charge is 2.29. The number of nitrogens with one attached hydrogen (secondary N) is 2. The molecular formula is C23H25Cl2N3O3. The Bertz CT molecular complexity index is 980. The van der Waals surface area contributed by atoms with Gasteiger partial charge in [0.2, 0.25) is 5.91 Å². The van der Waals surface area contributed by atoms with Gasteiger partial charge in [0.15, 0.2) is 0 Å². The third kappa shape index (κ3) is 5.99. The molecule has 0 saturated carbocycles. The quantitative estimate of drug-likeness (QED) is 0.684. The van der Waals surface area contributed by atoms with Crippen LogP contribution in [0.4, 0.5) is 0 Å². The number of benzene rings is 2. The van der Waals surface area contributed by atoms with Crippen LogP contribution in [-0.2, 0) is 11.3 Å². The van der Waals surface area contributed by atoms with Gasteiger partial charge >= 0.3 is 0 Å². The first-order valence-electron chi connectivity index (χ1n) is 10.3. The maximum absolute atomic E-state index is 12.8. The van der Waals surface area contributed by atoms with Crippen molar-refractivity contribution < 1.29 is 14.4 Å². The van der Waals surface area contributed by atoms with Gasteiger partial charge in [-0.25, -0.2) is 0 Å². The average Bonchev–Trinajstić information content (AvgIpc) is 2.79. The van der Waals surface area contributed by atoms with Gasteiger partial charge < -0.3 is 15.5 Å². The van der Waals surface area contributed by atoms with E-state index in [1.165, 1.54) is 0 Å². The standard InChI is InChI=1S/C23H25Cl2N3O3/c1-2-26-21(29)16-6-3-5-15(11-16)13-27-22(30)18-7-4-10-28(14-18)23(31)17-8-9-19(24)20(25)12-17/h3,5-6,8-9,11-12,18H,2,4,7,10,13-14H2,1H3,(H,26,29)(H,27,30). The molecule has 3 rings (SSSR count). The summed E-state index contributed by atoms with van der Waals surface area (Å²) in [4.78, 5) is 39.2. The highest BCUT2D eigenvalue weighted by atomic mass is 35.5. The number of piperidine rings is 1. The van der Waals surface area contributed by atoms with Crippen molar-refractivity contribution in [3.8, 4) is 0 Å². The van der Waals surface area contributed by atoms with E-state index in [1.54, 1.807) is 41.3 Å². The van der Waals surface area contributed by atoms with Crippen molar-refractivity contribution in [1.82, 2.24) is 15.5 Å². The summed E-state index contributed by atoms with van der Waals surface area (Å²) in [6, 6.07) is 12.0. The molecule has 1 fully saturated rings. The number of carbonyl (C=O) groups excluding carboxylic acids is 3. The Labute approximate surface area is 191 Å². The summed E-state index contributed by atoms with van der Waals surface area (Å²) < 4.78 is 0. The molecule has 6 nitrogen and oxygen atoms in total. The Morgan fingerprint density at radius 2 is 1.84 bits per heavy atom. The van der Waals surface area contributed by atoms with E-state index >= 15 is 0 Å². The third-order valence-corrected chi connectivity index (χ3v) is 5.98. The fraction of sp³-hybridized carbons (Fsp3) is 0.348. The number of halogens is 2. The molecule has 164 valence electrons. The summed E-state index contributed by atoms with van der Waals surface area (Å²) in [6.07, 6.45) is 1.47. The molecule has 3 amide bonds. The van der Waals surface area contributed by atoms with E-state index in [1.807, 2.05) is 13.0 Å². The third-order valence-electron chi connectivity index (χ3n) is 5.24. The van der Waals surface area contributed by atoms with Crippen molar-refractivity contribution in [1.29, 1.82) is 0 Å². The van der Waals surface area contributed by atoms with Gasteiger partial charge in [0.05, 0.1) is 16.0 Å². The summed E-state index contributed by atoms with van der Waals surface area (Å²) >= 11 is 12.0. The van der Waals surface area contributed by atoms with Crippen molar-refractivity contribution in [2.75, 3.05) is 19.6 Å². The van der Waals surface area contributed by atoms with Crippen molar-refractivity contribution in [2.24, 2.45) is 5.92 Å². The van der Waals surface area contributed by atoms with Crippen LogP contribution in [0.1, 0.15) is 46.0 Å². The Morgan fingerprint density at radius 1 is 1.03 bits per heavy atom. The SMILES string of the molecule is CCNC(=O)c1cccc(CNC(=O)C2CCCN(C(=O)c3ccc(Cl)c(Cl)c3)C2)c1. The van der Waals surface area contributed by atoms with Crippen LogP contribution in [0, 0.1) is 5.92 Å². The van der Waals surface area contributed by atoms with Crippen LogP contribution in [0.15, 0.2) is 42.5 Å². The lowest BCUT2D eigenvalue weighted by atomic mass is 9.96. The Balaban J connectivity index is 1.58. The molecule has 2 N–H and O–H groups in total. The largest absolute Gasteiger partial charge is 0.352 e. The van der Waals surface area contributed by atoms with Crippen molar-refractivity contribution in [3.05, 3.63) is 69.2 Å². The van der Waals surface area contributed by atoms with Gasteiger partial charge in [-0.05, 0) is 55.7 Å². The summed E-state index contributed by atoms with van der Waals surface area (Å²) in [7, 11) is 0. The number of hydrogen-bond acceptors (Lipinski definition) is 3. The number of likely N-dealkylation sites (tertiary alicyclic amines) is 1. The van der Waals surface area contributed by atoms with Crippen LogP contribution < -0.4 is 10.6 Å². The average molecular weight is 462 g/mol. The molecule has 1 saturated heterocycles. The highest BCUT2D eigenvalue weighted by Crippen LogP contribution is 2.25. The molecule has 2 aromatic rings. The second-order valence-corrected chi connectivity index (χ2v) is 8.31. The minimum atomic E-state index is -0.285. The molecule has 1 aliphatic rings. The molecule has 2 aromatic carbocycles. The normalized spacial score (nSPS) is 16.0. The van der Waals surface area contributed by atoms with Crippen LogP contribution in [0.3, 0.4) is 0 Å². The van der Waals surface area contributed by atoms with Gasteiger partial charge in [-0.3, -0.25) is 14.4 Å². The number of nitrogens with zero attached hydrogens (tertiary/aromatic N) is 1. The van der Waals surface area contributed by atoms with Crippen LogP contribution >= 0.6 is 23.2 Å². The van der Waals surface area contributed by atoms with Crippen LogP contribution in [0.5, 0.6) is 0 Å². The Hall–Kier alpha value is -2.57. The molecule has 0 radical (unpaired) electrons. The maximum Gasteiger partial charge on any atom is 0.253 e. The number of amides is 3. The molecule has 1 atom stereocenters. The lowest BCUT2D eigenvalue weighted by Crippen LogP contribution is -2.45. The predicted molar refractivity (Wildman–Crippen MR) is 121 cm³/mol. The van der Waals surface area contributed by atoms with Gasteiger partial charge in [-0.2, -0.15) is 0 Å². The molecule has 1 unspecified atom stereocenters. The lowest BCUT2D eigenvalue weighted by molar-refractivity contribution is -0.126. The van der Waals surface area contributed by atoms with E-state index in [0.717, 1.165) is 18.4 Å². The zero-order valence-corrected chi connectivity index (χ0v) is 18.8. The van der Waals surface area contributed by atoms with Crippen LogP contribution in [-0.4, -0.2) is 42.3 Å². The van der Waals surface area contributed by atoms with Gasteiger partial charge in [0.1, 0.15) is 0 Å².